The lowest BCUT2D eigenvalue weighted by Crippen LogP contribution is -2.32. The molecule has 0 saturated carbocycles. The molecule has 0 aromatic carbocycles. The van der Waals surface area contributed by atoms with E-state index in [0.29, 0.717) is 11.9 Å². The summed E-state index contributed by atoms with van der Waals surface area (Å²) in [4.78, 5) is 13.8. The van der Waals surface area contributed by atoms with E-state index in [1.165, 1.54) is 0 Å². The van der Waals surface area contributed by atoms with Crippen LogP contribution in [0, 0.1) is 6.92 Å². The predicted molar refractivity (Wildman–Crippen MR) is 77.2 cm³/mol. The first-order valence-corrected chi connectivity index (χ1v) is 7.22. The fourth-order valence-corrected chi connectivity index (χ4v) is 2.49. The largest absolute Gasteiger partial charge is 0.384 e. The average molecular weight is 280 g/mol. The highest BCUT2D eigenvalue weighted by molar-refractivity contribution is 5.76. The van der Waals surface area contributed by atoms with Gasteiger partial charge in [0.2, 0.25) is 5.91 Å². The zero-order chi connectivity index (χ0) is 14.5. The summed E-state index contributed by atoms with van der Waals surface area (Å²) in [7, 11) is 1.82. The van der Waals surface area contributed by atoms with Gasteiger partial charge in [-0.1, -0.05) is 0 Å². The van der Waals surface area contributed by atoms with Crippen molar-refractivity contribution in [2.45, 2.75) is 45.3 Å². The molecule has 1 aromatic rings. The molecule has 0 radical (unpaired) electrons. The molecule has 1 aliphatic rings. The molecule has 1 saturated heterocycles. The van der Waals surface area contributed by atoms with Gasteiger partial charge in [-0.2, -0.15) is 5.10 Å². The number of nitrogens with zero attached hydrogens (tertiary/aromatic N) is 3. The highest BCUT2D eigenvalue weighted by Gasteiger charge is 2.16. The molecule has 6 heteroatoms. The first kappa shape index (κ1) is 14.8. The summed E-state index contributed by atoms with van der Waals surface area (Å²) in [5.74, 6) is 0.566. The van der Waals surface area contributed by atoms with Gasteiger partial charge in [-0.3, -0.25) is 4.79 Å². The second kappa shape index (κ2) is 6.74. The van der Waals surface area contributed by atoms with Gasteiger partial charge in [0.1, 0.15) is 12.4 Å². The topological polar surface area (TPSA) is 73.4 Å². The number of nitrogens with two attached hydrogens (primary N) is 1. The van der Waals surface area contributed by atoms with Crippen molar-refractivity contribution in [3.8, 4) is 0 Å². The van der Waals surface area contributed by atoms with Crippen LogP contribution < -0.4 is 5.73 Å². The number of hydrogen-bond acceptors (Lipinski definition) is 4. The van der Waals surface area contributed by atoms with Gasteiger partial charge in [-0.15, -0.1) is 0 Å². The van der Waals surface area contributed by atoms with E-state index in [1.54, 1.807) is 15.6 Å². The minimum Gasteiger partial charge on any atom is -0.384 e. The molecule has 2 rings (SSSR count). The molecule has 2 heterocycles. The number of hydrogen-bond donors (Lipinski definition) is 1. The molecule has 1 aromatic heterocycles. The van der Waals surface area contributed by atoms with E-state index in [4.69, 9.17) is 10.5 Å². The third-order valence-electron chi connectivity index (χ3n) is 3.69. The first-order chi connectivity index (χ1) is 9.56. The Balaban J connectivity index is 1.72. The van der Waals surface area contributed by atoms with E-state index in [-0.39, 0.29) is 12.5 Å². The lowest BCUT2D eigenvalue weighted by Gasteiger charge is -2.18. The Morgan fingerprint density at radius 3 is 3.05 bits per heavy atom. The summed E-state index contributed by atoms with van der Waals surface area (Å²) in [5.41, 5.74) is 6.62. The van der Waals surface area contributed by atoms with Crippen LogP contribution >= 0.6 is 0 Å². The quantitative estimate of drug-likeness (QED) is 0.849. The van der Waals surface area contributed by atoms with E-state index in [9.17, 15) is 4.79 Å². The molecule has 1 unspecified atom stereocenters. The Labute approximate surface area is 119 Å². The monoisotopic (exact) mass is 280 g/mol. The zero-order valence-electron chi connectivity index (χ0n) is 12.3. The Kier molecular flexibility index (Phi) is 5.00. The average Bonchev–Trinajstić information content (AvgIpc) is 3.00. The molecule has 2 N–H and O–H groups in total. The van der Waals surface area contributed by atoms with E-state index in [2.05, 4.69) is 5.10 Å². The summed E-state index contributed by atoms with van der Waals surface area (Å²) in [6.45, 7) is 3.70. The van der Waals surface area contributed by atoms with Crippen molar-refractivity contribution >= 4 is 11.7 Å². The molecule has 1 amide bonds. The number of aromatic nitrogens is 2. The van der Waals surface area contributed by atoms with Gasteiger partial charge in [-0.25, -0.2) is 4.68 Å². The molecule has 1 fully saturated rings. The summed E-state index contributed by atoms with van der Waals surface area (Å²) >= 11 is 0. The fourth-order valence-electron chi connectivity index (χ4n) is 2.49. The van der Waals surface area contributed by atoms with Crippen LogP contribution in [0.4, 0.5) is 5.82 Å². The van der Waals surface area contributed by atoms with E-state index in [0.717, 1.165) is 44.5 Å². The molecule has 20 heavy (non-hydrogen) atoms. The maximum atomic E-state index is 12.1. The molecule has 0 aliphatic carbocycles. The second-order valence-corrected chi connectivity index (χ2v) is 5.46. The van der Waals surface area contributed by atoms with Crippen molar-refractivity contribution in [1.82, 2.24) is 14.7 Å². The molecule has 1 atom stereocenters. The van der Waals surface area contributed by atoms with Crippen molar-refractivity contribution in [2.75, 3.05) is 25.9 Å². The van der Waals surface area contributed by atoms with Crippen molar-refractivity contribution in [1.29, 1.82) is 0 Å². The van der Waals surface area contributed by atoms with Gasteiger partial charge in [0, 0.05) is 26.3 Å². The number of carbonyl (C=O) groups is 1. The van der Waals surface area contributed by atoms with Crippen LogP contribution in [0.1, 0.15) is 31.4 Å². The third-order valence-corrected chi connectivity index (χ3v) is 3.69. The second-order valence-electron chi connectivity index (χ2n) is 5.46. The van der Waals surface area contributed by atoms with Gasteiger partial charge >= 0.3 is 0 Å². The first-order valence-electron chi connectivity index (χ1n) is 7.22. The Bertz CT molecular complexity index is 452. The van der Waals surface area contributed by atoms with Crippen molar-refractivity contribution in [3.05, 3.63) is 11.8 Å². The van der Waals surface area contributed by atoms with Gasteiger partial charge in [0.05, 0.1) is 11.8 Å². The number of likely N-dealkylation sites (N-methyl/N-ethyl adjacent to an activating group) is 1. The van der Waals surface area contributed by atoms with Crippen molar-refractivity contribution < 1.29 is 9.53 Å². The smallest absolute Gasteiger partial charge is 0.244 e. The maximum absolute atomic E-state index is 12.1. The lowest BCUT2D eigenvalue weighted by molar-refractivity contribution is -0.130. The predicted octanol–water partition coefficient (Wildman–Crippen LogP) is 1.19. The van der Waals surface area contributed by atoms with Gasteiger partial charge < -0.3 is 15.4 Å². The van der Waals surface area contributed by atoms with Crippen LogP contribution in [-0.2, 0) is 16.1 Å². The molecule has 0 bridgehead atoms. The Morgan fingerprint density at radius 1 is 1.65 bits per heavy atom. The summed E-state index contributed by atoms with van der Waals surface area (Å²) in [6, 6.07) is 1.77. The van der Waals surface area contributed by atoms with E-state index < -0.39 is 0 Å². The summed E-state index contributed by atoms with van der Waals surface area (Å²) in [6.07, 6.45) is 4.71. The lowest BCUT2D eigenvalue weighted by atomic mass is 10.1. The SMILES string of the molecule is Cc1cc(N)n(CC(=O)N(C)CCCC2CCCO2)n1. The van der Waals surface area contributed by atoms with Crippen LogP contribution in [0.25, 0.3) is 0 Å². The normalized spacial score (nSPS) is 18.4. The van der Waals surface area contributed by atoms with Crippen LogP contribution in [0.5, 0.6) is 0 Å². The number of anilines is 1. The zero-order valence-corrected chi connectivity index (χ0v) is 12.3. The molecule has 0 spiro atoms. The molecule has 1 aliphatic heterocycles. The maximum Gasteiger partial charge on any atom is 0.244 e. The minimum absolute atomic E-state index is 0.0344. The highest BCUT2D eigenvalue weighted by atomic mass is 16.5. The highest BCUT2D eigenvalue weighted by Crippen LogP contribution is 2.16. The molecular formula is C14H24N4O2. The third kappa shape index (κ3) is 3.96. The molecule has 6 nitrogen and oxygen atoms in total. The van der Waals surface area contributed by atoms with Crippen LogP contribution in [0.2, 0.25) is 0 Å². The van der Waals surface area contributed by atoms with Crippen molar-refractivity contribution in [3.63, 3.8) is 0 Å². The number of amides is 1. The number of carbonyl (C=O) groups excluding carboxylic acids is 1. The van der Waals surface area contributed by atoms with Gasteiger partial charge in [-0.05, 0) is 32.6 Å². The van der Waals surface area contributed by atoms with Gasteiger partial charge in [0.15, 0.2) is 0 Å². The Morgan fingerprint density at radius 2 is 2.45 bits per heavy atom. The van der Waals surface area contributed by atoms with Crippen LogP contribution in [0.3, 0.4) is 0 Å². The summed E-state index contributed by atoms with van der Waals surface area (Å²) in [5, 5.41) is 4.20. The molecular weight excluding hydrogens is 256 g/mol. The molecule has 112 valence electrons. The fraction of sp³-hybridized carbons (Fsp3) is 0.714. The standard InChI is InChI=1S/C14H24N4O2/c1-11-9-13(15)18(16-11)10-14(19)17(2)7-3-5-12-6-4-8-20-12/h9,12H,3-8,10,15H2,1-2H3. The number of ether oxygens (including phenoxy) is 1. The summed E-state index contributed by atoms with van der Waals surface area (Å²) < 4.78 is 7.13. The van der Waals surface area contributed by atoms with Gasteiger partial charge in [0.25, 0.3) is 0 Å². The van der Waals surface area contributed by atoms with Crippen LogP contribution in [0.15, 0.2) is 6.07 Å². The number of rotatable bonds is 6. The van der Waals surface area contributed by atoms with Crippen LogP contribution in [-0.4, -0.2) is 46.9 Å². The Hall–Kier alpha value is -1.56. The minimum atomic E-state index is 0.0344. The number of nitrogen functional groups attached to an aromatic ring is 1. The number of aryl methyl sites for hydroxylation is 1. The van der Waals surface area contributed by atoms with E-state index >= 15 is 0 Å². The van der Waals surface area contributed by atoms with Crippen molar-refractivity contribution in [2.24, 2.45) is 0 Å². The van der Waals surface area contributed by atoms with E-state index in [1.807, 2.05) is 14.0 Å².